The summed E-state index contributed by atoms with van der Waals surface area (Å²) in [5.74, 6) is 0.302. The lowest BCUT2D eigenvalue weighted by molar-refractivity contribution is -0.0887. The average Bonchev–Trinajstić information content (AvgIpc) is 2.04. The van der Waals surface area contributed by atoms with Crippen LogP contribution in [-0.2, 0) is 0 Å². The van der Waals surface area contributed by atoms with Crippen molar-refractivity contribution in [3.8, 4) is 0 Å². The number of halogens is 3. The van der Waals surface area contributed by atoms with Crippen LogP contribution in [0.3, 0.4) is 0 Å². The Morgan fingerprint density at radius 3 is 2.54 bits per heavy atom. The Bertz CT molecular complexity index is 223. The summed E-state index contributed by atoms with van der Waals surface area (Å²) in [4.78, 5) is 0. The van der Waals surface area contributed by atoms with E-state index < -0.39 is 11.7 Å². The first-order valence-corrected chi connectivity index (χ1v) is 4.49. The molecule has 0 radical (unpaired) electrons. The van der Waals surface area contributed by atoms with E-state index in [9.17, 15) is 13.2 Å². The summed E-state index contributed by atoms with van der Waals surface area (Å²) in [7, 11) is 0. The first kappa shape index (κ1) is 10.4. The second kappa shape index (κ2) is 3.99. The molecule has 0 amide bonds. The van der Waals surface area contributed by atoms with Crippen molar-refractivity contribution in [2.75, 3.05) is 0 Å². The average molecular weight is 190 g/mol. The van der Waals surface area contributed by atoms with Crippen molar-refractivity contribution in [2.24, 2.45) is 5.92 Å². The van der Waals surface area contributed by atoms with E-state index in [4.69, 9.17) is 0 Å². The van der Waals surface area contributed by atoms with Gasteiger partial charge in [-0.3, -0.25) is 0 Å². The maximum Gasteiger partial charge on any atom is 0.416 e. The van der Waals surface area contributed by atoms with Crippen molar-refractivity contribution in [2.45, 2.75) is 32.4 Å². The van der Waals surface area contributed by atoms with Gasteiger partial charge in [0.2, 0.25) is 0 Å². The molecular formula is C10H13F3. The Labute approximate surface area is 76.1 Å². The molecule has 0 aliphatic heterocycles. The third-order valence-corrected chi connectivity index (χ3v) is 2.18. The minimum atomic E-state index is -4.17. The Morgan fingerprint density at radius 2 is 2.15 bits per heavy atom. The van der Waals surface area contributed by atoms with E-state index in [1.165, 1.54) is 12.2 Å². The maximum absolute atomic E-state index is 12.1. The summed E-state index contributed by atoms with van der Waals surface area (Å²) < 4.78 is 36.4. The summed E-state index contributed by atoms with van der Waals surface area (Å²) in [6, 6.07) is 0. The predicted octanol–water partition coefficient (Wildman–Crippen LogP) is 3.85. The topological polar surface area (TPSA) is 0 Å². The molecule has 0 N–H and O–H groups in total. The Morgan fingerprint density at radius 1 is 1.46 bits per heavy atom. The number of rotatable bonds is 2. The van der Waals surface area contributed by atoms with E-state index in [1.807, 2.05) is 6.92 Å². The molecule has 13 heavy (non-hydrogen) atoms. The van der Waals surface area contributed by atoms with Gasteiger partial charge in [0.1, 0.15) is 0 Å². The van der Waals surface area contributed by atoms with Crippen LogP contribution in [0.4, 0.5) is 13.2 Å². The van der Waals surface area contributed by atoms with Gasteiger partial charge in [0, 0.05) is 0 Å². The molecule has 0 aromatic carbocycles. The second-order valence-corrected chi connectivity index (χ2v) is 3.30. The number of hydrogen-bond donors (Lipinski definition) is 0. The summed E-state index contributed by atoms with van der Waals surface area (Å²) in [5.41, 5.74) is -0.500. The molecule has 0 spiro atoms. The van der Waals surface area contributed by atoms with Gasteiger partial charge in [0.25, 0.3) is 0 Å². The summed E-state index contributed by atoms with van der Waals surface area (Å²) in [5, 5.41) is 0. The van der Waals surface area contributed by atoms with E-state index in [0.717, 1.165) is 12.8 Å². The zero-order valence-electron chi connectivity index (χ0n) is 7.56. The van der Waals surface area contributed by atoms with Gasteiger partial charge in [-0.2, -0.15) is 13.2 Å². The lowest BCUT2D eigenvalue weighted by atomic mass is 9.93. The molecule has 3 heteroatoms. The number of hydrogen-bond acceptors (Lipinski definition) is 0. The fourth-order valence-electron chi connectivity index (χ4n) is 1.46. The van der Waals surface area contributed by atoms with Crippen molar-refractivity contribution in [1.29, 1.82) is 0 Å². The van der Waals surface area contributed by atoms with Gasteiger partial charge in [-0.25, -0.2) is 0 Å². The van der Waals surface area contributed by atoms with Crippen molar-refractivity contribution >= 4 is 0 Å². The molecule has 1 aliphatic carbocycles. The van der Waals surface area contributed by atoms with Crippen LogP contribution in [0.25, 0.3) is 0 Å². The first-order chi connectivity index (χ1) is 6.04. The predicted molar refractivity (Wildman–Crippen MR) is 46.3 cm³/mol. The highest BCUT2D eigenvalue weighted by molar-refractivity contribution is 5.27. The third kappa shape index (κ3) is 2.90. The first-order valence-electron chi connectivity index (χ1n) is 4.49. The van der Waals surface area contributed by atoms with Crippen LogP contribution in [0.15, 0.2) is 23.8 Å². The molecule has 1 aliphatic rings. The highest BCUT2D eigenvalue weighted by atomic mass is 19.4. The van der Waals surface area contributed by atoms with Gasteiger partial charge < -0.3 is 0 Å². The normalized spacial score (nSPS) is 23.1. The molecule has 1 unspecified atom stereocenters. The maximum atomic E-state index is 12.1. The molecule has 74 valence electrons. The SMILES string of the molecule is CCCC1C=CC(C(F)(F)F)=CC1. The van der Waals surface area contributed by atoms with E-state index in [0.29, 0.717) is 12.3 Å². The third-order valence-electron chi connectivity index (χ3n) is 2.18. The largest absolute Gasteiger partial charge is 0.416 e. The lowest BCUT2D eigenvalue weighted by Crippen LogP contribution is -2.13. The fourth-order valence-corrected chi connectivity index (χ4v) is 1.46. The molecule has 1 atom stereocenters. The van der Waals surface area contributed by atoms with Gasteiger partial charge in [0.05, 0.1) is 5.57 Å². The molecule has 0 aromatic rings. The molecule has 0 bridgehead atoms. The quantitative estimate of drug-likeness (QED) is 0.620. The number of alkyl halides is 3. The van der Waals surface area contributed by atoms with E-state index in [2.05, 4.69) is 0 Å². The second-order valence-electron chi connectivity index (χ2n) is 3.30. The van der Waals surface area contributed by atoms with Crippen LogP contribution in [0.1, 0.15) is 26.2 Å². The van der Waals surface area contributed by atoms with Crippen molar-refractivity contribution in [3.63, 3.8) is 0 Å². The van der Waals surface area contributed by atoms with Crippen LogP contribution in [0.2, 0.25) is 0 Å². The molecular weight excluding hydrogens is 177 g/mol. The van der Waals surface area contributed by atoms with Gasteiger partial charge in [-0.05, 0) is 18.8 Å². The van der Waals surface area contributed by atoms with Gasteiger partial charge in [0.15, 0.2) is 0 Å². The van der Waals surface area contributed by atoms with Crippen LogP contribution in [0, 0.1) is 5.92 Å². The highest BCUT2D eigenvalue weighted by Gasteiger charge is 2.32. The minimum absolute atomic E-state index is 0.302. The monoisotopic (exact) mass is 190 g/mol. The van der Waals surface area contributed by atoms with Crippen molar-refractivity contribution in [3.05, 3.63) is 23.8 Å². The van der Waals surface area contributed by atoms with Crippen LogP contribution < -0.4 is 0 Å². The highest BCUT2D eigenvalue weighted by Crippen LogP contribution is 2.31. The minimum Gasteiger partial charge on any atom is -0.166 e. The van der Waals surface area contributed by atoms with E-state index in [1.54, 1.807) is 6.08 Å². The van der Waals surface area contributed by atoms with Gasteiger partial charge >= 0.3 is 6.18 Å². The molecule has 0 fully saturated rings. The standard InChI is InChI=1S/C10H13F3/c1-2-3-8-4-6-9(7-5-8)10(11,12)13/h4,6-8H,2-3,5H2,1H3. The molecule has 0 nitrogen and oxygen atoms in total. The fraction of sp³-hybridized carbons (Fsp3) is 0.600. The molecule has 1 rings (SSSR count). The van der Waals surface area contributed by atoms with Gasteiger partial charge in [-0.15, -0.1) is 0 Å². The van der Waals surface area contributed by atoms with Crippen LogP contribution in [-0.4, -0.2) is 6.18 Å². The van der Waals surface area contributed by atoms with Gasteiger partial charge in [-0.1, -0.05) is 31.6 Å². The van der Waals surface area contributed by atoms with Crippen LogP contribution >= 0.6 is 0 Å². The molecule has 0 saturated carbocycles. The summed E-state index contributed by atoms with van der Waals surface area (Å²) in [6.45, 7) is 2.04. The molecule has 0 aromatic heterocycles. The zero-order chi connectivity index (χ0) is 9.90. The van der Waals surface area contributed by atoms with Crippen molar-refractivity contribution < 1.29 is 13.2 Å². The molecule has 0 saturated heterocycles. The van der Waals surface area contributed by atoms with Crippen molar-refractivity contribution in [1.82, 2.24) is 0 Å². The molecule has 0 heterocycles. The summed E-state index contributed by atoms with van der Waals surface area (Å²) in [6.07, 6.45) is 2.51. The summed E-state index contributed by atoms with van der Waals surface area (Å²) >= 11 is 0. The lowest BCUT2D eigenvalue weighted by Gasteiger charge is -2.16. The Balaban J connectivity index is 2.55. The van der Waals surface area contributed by atoms with Crippen LogP contribution in [0.5, 0.6) is 0 Å². The van der Waals surface area contributed by atoms with E-state index >= 15 is 0 Å². The zero-order valence-corrected chi connectivity index (χ0v) is 7.56. The number of allylic oxidation sites excluding steroid dienone is 4. The Kier molecular flexibility index (Phi) is 3.17. The smallest absolute Gasteiger partial charge is 0.166 e. The Hall–Kier alpha value is -0.730. The van der Waals surface area contributed by atoms with E-state index in [-0.39, 0.29) is 0 Å².